The standard InChI is InChI=1S/C11H13Cl2N3O3/c12-11(13)5-7(11)1-2-9(17)14-8-3-4-16(15-8)6-10(18)19/h3-4,7H,1-2,5-6H2,(H,18,19)(H,14,15,17). The molecular formula is C11H13Cl2N3O3. The summed E-state index contributed by atoms with van der Waals surface area (Å²) >= 11 is 11.7. The molecule has 0 bridgehead atoms. The average molecular weight is 306 g/mol. The zero-order valence-electron chi connectivity index (χ0n) is 9.97. The van der Waals surface area contributed by atoms with Gasteiger partial charge in [0.25, 0.3) is 0 Å². The molecule has 1 aliphatic rings. The number of amides is 1. The Morgan fingerprint density at radius 1 is 1.58 bits per heavy atom. The molecule has 1 saturated carbocycles. The van der Waals surface area contributed by atoms with E-state index in [-0.39, 0.29) is 18.4 Å². The van der Waals surface area contributed by atoms with Crippen molar-refractivity contribution >= 4 is 40.9 Å². The largest absolute Gasteiger partial charge is 0.480 e. The number of nitrogens with zero attached hydrogens (tertiary/aromatic N) is 2. The van der Waals surface area contributed by atoms with E-state index in [0.717, 1.165) is 6.42 Å². The summed E-state index contributed by atoms with van der Waals surface area (Å²) in [6.45, 7) is -0.237. The normalized spacial score (nSPS) is 20.0. The lowest BCUT2D eigenvalue weighted by Gasteiger charge is -2.02. The SMILES string of the molecule is O=C(O)Cn1ccc(NC(=O)CCC2CC2(Cl)Cl)n1. The van der Waals surface area contributed by atoms with Gasteiger partial charge in [-0.3, -0.25) is 14.3 Å². The Morgan fingerprint density at radius 3 is 2.84 bits per heavy atom. The fourth-order valence-corrected chi connectivity index (χ4v) is 2.34. The number of carboxylic acid groups (broad SMARTS) is 1. The van der Waals surface area contributed by atoms with E-state index in [1.54, 1.807) is 6.07 Å². The Morgan fingerprint density at radius 2 is 2.26 bits per heavy atom. The van der Waals surface area contributed by atoms with Crippen LogP contribution < -0.4 is 5.32 Å². The van der Waals surface area contributed by atoms with Crippen LogP contribution in [0, 0.1) is 5.92 Å². The first-order valence-electron chi connectivity index (χ1n) is 5.80. The second-order valence-electron chi connectivity index (χ2n) is 4.54. The van der Waals surface area contributed by atoms with E-state index in [2.05, 4.69) is 10.4 Å². The zero-order chi connectivity index (χ0) is 14.0. The number of carbonyl (C=O) groups excluding carboxylic acids is 1. The van der Waals surface area contributed by atoms with Gasteiger partial charge < -0.3 is 10.4 Å². The van der Waals surface area contributed by atoms with Gasteiger partial charge in [0.1, 0.15) is 10.9 Å². The van der Waals surface area contributed by atoms with Gasteiger partial charge in [0, 0.05) is 18.7 Å². The van der Waals surface area contributed by atoms with Crippen LogP contribution in [0.25, 0.3) is 0 Å². The molecule has 2 rings (SSSR count). The van der Waals surface area contributed by atoms with Crippen LogP contribution in [-0.4, -0.2) is 31.1 Å². The number of alkyl halides is 2. The number of hydrogen-bond donors (Lipinski definition) is 2. The first-order valence-corrected chi connectivity index (χ1v) is 6.55. The Kier molecular flexibility index (Phi) is 4.01. The third-order valence-corrected chi connectivity index (χ3v) is 3.81. The Bertz CT molecular complexity index is 501. The highest BCUT2D eigenvalue weighted by Gasteiger charge is 2.50. The van der Waals surface area contributed by atoms with E-state index in [1.165, 1.54) is 10.9 Å². The summed E-state index contributed by atoms with van der Waals surface area (Å²) in [5, 5.41) is 15.1. The lowest BCUT2D eigenvalue weighted by molar-refractivity contribution is -0.137. The maximum absolute atomic E-state index is 11.6. The molecule has 19 heavy (non-hydrogen) atoms. The highest BCUT2D eigenvalue weighted by molar-refractivity contribution is 6.50. The molecule has 0 spiro atoms. The molecule has 1 fully saturated rings. The predicted octanol–water partition coefficient (Wildman–Crippen LogP) is 1.88. The maximum atomic E-state index is 11.6. The Balaban J connectivity index is 1.76. The summed E-state index contributed by atoms with van der Waals surface area (Å²) in [6, 6.07) is 1.55. The summed E-state index contributed by atoms with van der Waals surface area (Å²) in [6.07, 6.45) is 3.16. The molecule has 0 saturated heterocycles. The summed E-state index contributed by atoms with van der Waals surface area (Å²) in [7, 11) is 0. The highest BCUT2D eigenvalue weighted by Crippen LogP contribution is 2.55. The minimum Gasteiger partial charge on any atom is -0.480 e. The van der Waals surface area contributed by atoms with Crippen LogP contribution in [0.1, 0.15) is 19.3 Å². The first-order chi connectivity index (χ1) is 8.87. The van der Waals surface area contributed by atoms with Crippen LogP contribution in [-0.2, 0) is 16.1 Å². The molecule has 1 aromatic heterocycles. The van der Waals surface area contributed by atoms with Gasteiger partial charge in [0.2, 0.25) is 5.91 Å². The molecule has 8 heteroatoms. The van der Waals surface area contributed by atoms with E-state index in [1.807, 2.05) is 0 Å². The molecule has 1 unspecified atom stereocenters. The van der Waals surface area contributed by atoms with Gasteiger partial charge in [0.15, 0.2) is 5.82 Å². The van der Waals surface area contributed by atoms with Gasteiger partial charge in [-0.2, -0.15) is 5.10 Å². The van der Waals surface area contributed by atoms with E-state index >= 15 is 0 Å². The van der Waals surface area contributed by atoms with Crippen LogP contribution in [0.15, 0.2) is 12.3 Å². The zero-order valence-corrected chi connectivity index (χ0v) is 11.5. The number of rotatable bonds is 6. The maximum Gasteiger partial charge on any atom is 0.325 e. The molecule has 0 radical (unpaired) electrons. The lowest BCUT2D eigenvalue weighted by Crippen LogP contribution is -2.14. The minimum absolute atomic E-state index is 0.172. The van der Waals surface area contributed by atoms with Gasteiger partial charge in [-0.15, -0.1) is 23.2 Å². The minimum atomic E-state index is -0.990. The van der Waals surface area contributed by atoms with Crippen LogP contribution in [0.5, 0.6) is 0 Å². The number of nitrogens with one attached hydrogen (secondary N) is 1. The molecule has 1 aliphatic carbocycles. The second-order valence-corrected chi connectivity index (χ2v) is 6.08. The Labute approximate surface area is 119 Å². The predicted molar refractivity (Wildman–Crippen MR) is 70.3 cm³/mol. The van der Waals surface area contributed by atoms with Gasteiger partial charge in [-0.25, -0.2) is 0 Å². The molecule has 6 nitrogen and oxygen atoms in total. The van der Waals surface area contributed by atoms with E-state index in [0.29, 0.717) is 18.7 Å². The fourth-order valence-electron chi connectivity index (χ4n) is 1.75. The van der Waals surface area contributed by atoms with Crippen LogP contribution in [0.4, 0.5) is 5.82 Å². The van der Waals surface area contributed by atoms with Gasteiger partial charge in [-0.1, -0.05) is 0 Å². The molecule has 1 amide bonds. The van der Waals surface area contributed by atoms with E-state index in [9.17, 15) is 9.59 Å². The number of aliphatic carboxylic acids is 1. The smallest absolute Gasteiger partial charge is 0.325 e. The molecule has 2 N–H and O–H groups in total. The molecule has 1 heterocycles. The monoisotopic (exact) mass is 305 g/mol. The second kappa shape index (κ2) is 5.38. The van der Waals surface area contributed by atoms with Crippen molar-refractivity contribution in [3.8, 4) is 0 Å². The Hall–Kier alpha value is -1.27. The molecule has 1 atom stereocenters. The van der Waals surface area contributed by atoms with Gasteiger partial charge in [-0.05, 0) is 18.8 Å². The van der Waals surface area contributed by atoms with Gasteiger partial charge in [0.05, 0.1) is 0 Å². The van der Waals surface area contributed by atoms with Crippen molar-refractivity contribution in [2.24, 2.45) is 5.92 Å². The van der Waals surface area contributed by atoms with E-state index in [4.69, 9.17) is 28.3 Å². The molecule has 0 aromatic carbocycles. The summed E-state index contributed by atoms with van der Waals surface area (Å²) in [5.74, 6) is -0.664. The van der Waals surface area contributed by atoms with Crippen molar-refractivity contribution in [1.29, 1.82) is 0 Å². The van der Waals surface area contributed by atoms with E-state index < -0.39 is 10.3 Å². The van der Waals surface area contributed by atoms with Gasteiger partial charge >= 0.3 is 5.97 Å². The molecule has 1 aromatic rings. The van der Waals surface area contributed by atoms with Crippen molar-refractivity contribution in [3.05, 3.63) is 12.3 Å². The van der Waals surface area contributed by atoms with Crippen LogP contribution >= 0.6 is 23.2 Å². The molecule has 104 valence electrons. The number of carbonyl (C=O) groups is 2. The lowest BCUT2D eigenvalue weighted by atomic mass is 10.2. The summed E-state index contributed by atoms with van der Waals surface area (Å²) in [5.41, 5.74) is 0. The average Bonchev–Trinajstić information content (AvgIpc) is 2.67. The summed E-state index contributed by atoms with van der Waals surface area (Å²) < 4.78 is 0.574. The van der Waals surface area contributed by atoms with Crippen molar-refractivity contribution in [1.82, 2.24) is 9.78 Å². The van der Waals surface area contributed by atoms with Crippen LogP contribution in [0.2, 0.25) is 0 Å². The van der Waals surface area contributed by atoms with Crippen molar-refractivity contribution < 1.29 is 14.7 Å². The number of aromatic nitrogens is 2. The quantitative estimate of drug-likeness (QED) is 0.786. The van der Waals surface area contributed by atoms with Crippen LogP contribution in [0.3, 0.4) is 0 Å². The number of anilines is 1. The summed E-state index contributed by atoms with van der Waals surface area (Å²) in [4.78, 5) is 22.1. The topological polar surface area (TPSA) is 84.2 Å². The van der Waals surface area contributed by atoms with Crippen molar-refractivity contribution in [2.75, 3.05) is 5.32 Å². The number of halogens is 2. The molecule has 0 aliphatic heterocycles. The molecular weight excluding hydrogens is 293 g/mol. The first kappa shape index (κ1) is 14.1. The van der Waals surface area contributed by atoms with Crippen molar-refractivity contribution in [2.45, 2.75) is 30.1 Å². The third kappa shape index (κ3) is 4.11. The fraction of sp³-hybridized carbons (Fsp3) is 0.545. The number of carboxylic acids is 1. The number of hydrogen-bond acceptors (Lipinski definition) is 3. The van der Waals surface area contributed by atoms with Crippen molar-refractivity contribution in [3.63, 3.8) is 0 Å². The third-order valence-electron chi connectivity index (χ3n) is 2.88. The highest BCUT2D eigenvalue weighted by atomic mass is 35.5.